The molecule has 0 radical (unpaired) electrons. The second kappa shape index (κ2) is 15.7. The highest BCUT2D eigenvalue weighted by atomic mass is 16.7. The summed E-state index contributed by atoms with van der Waals surface area (Å²) in [6.07, 6.45) is 5.06. The number of aryl methyl sites for hydroxylation is 1. The van der Waals surface area contributed by atoms with E-state index >= 15 is 0 Å². The number of pyridine rings is 1. The number of ether oxygens (including phenoxy) is 3. The predicted molar refractivity (Wildman–Crippen MR) is 146 cm³/mol. The van der Waals surface area contributed by atoms with Crippen molar-refractivity contribution in [1.29, 1.82) is 0 Å². The quantitative estimate of drug-likeness (QED) is 0.288. The Morgan fingerprint density at radius 1 is 1.14 bits per heavy atom. The number of amides is 1. The second-order valence-corrected chi connectivity index (χ2v) is 9.93. The van der Waals surface area contributed by atoms with Gasteiger partial charge in [0.25, 0.3) is 0 Å². The molecule has 0 bridgehead atoms. The Bertz CT molecular complexity index is 945. The van der Waals surface area contributed by atoms with Gasteiger partial charge in [-0.2, -0.15) is 0 Å². The fourth-order valence-corrected chi connectivity index (χ4v) is 4.59. The highest BCUT2D eigenvalue weighted by Crippen LogP contribution is 2.20. The van der Waals surface area contributed by atoms with E-state index < -0.39 is 6.29 Å². The van der Waals surface area contributed by atoms with Crippen molar-refractivity contribution in [2.75, 3.05) is 66.0 Å². The summed E-state index contributed by atoms with van der Waals surface area (Å²) in [4.78, 5) is 20.8. The van der Waals surface area contributed by atoms with Crippen molar-refractivity contribution >= 4 is 11.7 Å². The molecule has 8 nitrogen and oxygen atoms in total. The SMILES string of the molecule is COC(CN(C)C(=O)CCOCCc1cccc(CN2CCC(CNc3cc(C)ccn3)CC2)c1)OC. The lowest BCUT2D eigenvalue weighted by Gasteiger charge is -2.32. The number of likely N-dealkylation sites (N-methyl/N-ethyl adjacent to an activating group) is 1. The number of anilines is 1. The lowest BCUT2D eigenvalue weighted by atomic mass is 9.96. The zero-order chi connectivity index (χ0) is 26.5. The van der Waals surface area contributed by atoms with Crippen LogP contribution in [0.4, 0.5) is 5.82 Å². The molecular weight excluding hydrogens is 468 g/mol. The summed E-state index contributed by atoms with van der Waals surface area (Å²) in [5.74, 6) is 1.69. The number of rotatable bonds is 15. The van der Waals surface area contributed by atoms with Crippen molar-refractivity contribution in [3.8, 4) is 0 Å². The minimum absolute atomic E-state index is 0.0208. The van der Waals surface area contributed by atoms with E-state index in [9.17, 15) is 4.79 Å². The Labute approximate surface area is 222 Å². The molecule has 2 heterocycles. The van der Waals surface area contributed by atoms with Gasteiger partial charge in [-0.3, -0.25) is 9.69 Å². The Balaban J connectivity index is 1.31. The maximum atomic E-state index is 12.2. The minimum Gasteiger partial charge on any atom is -0.381 e. The van der Waals surface area contributed by atoms with Crippen LogP contribution in [-0.2, 0) is 32.0 Å². The van der Waals surface area contributed by atoms with Crippen molar-refractivity contribution < 1.29 is 19.0 Å². The number of benzene rings is 1. The fourth-order valence-electron chi connectivity index (χ4n) is 4.59. The van der Waals surface area contributed by atoms with Gasteiger partial charge in [0.2, 0.25) is 5.91 Å². The van der Waals surface area contributed by atoms with Gasteiger partial charge in [-0.15, -0.1) is 0 Å². The normalized spacial score (nSPS) is 14.7. The van der Waals surface area contributed by atoms with Crippen LogP contribution in [0.1, 0.15) is 36.0 Å². The number of likely N-dealkylation sites (tertiary alicyclic amines) is 1. The molecule has 1 aromatic carbocycles. The van der Waals surface area contributed by atoms with E-state index in [1.807, 2.05) is 12.3 Å². The summed E-state index contributed by atoms with van der Waals surface area (Å²) in [5, 5.41) is 3.51. The molecule has 0 aliphatic carbocycles. The van der Waals surface area contributed by atoms with Gasteiger partial charge in [-0.25, -0.2) is 4.98 Å². The number of methoxy groups -OCH3 is 2. The van der Waals surface area contributed by atoms with Crippen LogP contribution in [0.25, 0.3) is 0 Å². The van der Waals surface area contributed by atoms with Gasteiger partial charge >= 0.3 is 0 Å². The molecule has 2 aromatic rings. The number of piperidine rings is 1. The highest BCUT2D eigenvalue weighted by molar-refractivity contribution is 5.75. The summed E-state index contributed by atoms with van der Waals surface area (Å²) >= 11 is 0. The average molecular weight is 513 g/mol. The molecule has 1 amide bonds. The molecule has 0 unspecified atom stereocenters. The van der Waals surface area contributed by atoms with Crippen LogP contribution in [0.15, 0.2) is 42.6 Å². The van der Waals surface area contributed by atoms with Crippen LogP contribution in [0.2, 0.25) is 0 Å². The number of aromatic nitrogens is 1. The number of carbonyl (C=O) groups excluding carboxylic acids is 1. The molecule has 204 valence electrons. The fraction of sp³-hybridized carbons (Fsp3) is 0.586. The van der Waals surface area contributed by atoms with E-state index in [2.05, 4.69) is 52.5 Å². The zero-order valence-electron chi connectivity index (χ0n) is 22.9. The monoisotopic (exact) mass is 512 g/mol. The summed E-state index contributed by atoms with van der Waals surface area (Å²) in [5.41, 5.74) is 3.85. The minimum atomic E-state index is -0.410. The maximum absolute atomic E-state index is 12.2. The van der Waals surface area contributed by atoms with Crippen molar-refractivity contribution in [3.63, 3.8) is 0 Å². The lowest BCUT2D eigenvalue weighted by molar-refractivity contribution is -0.143. The summed E-state index contributed by atoms with van der Waals surface area (Å²) in [6.45, 7) is 7.74. The largest absolute Gasteiger partial charge is 0.381 e. The third-order valence-corrected chi connectivity index (χ3v) is 6.96. The average Bonchev–Trinajstić information content (AvgIpc) is 2.91. The standard InChI is InChI=1S/C29H44N4O4/c1-23-8-13-30-27(18-23)31-20-25-9-14-33(15-10-25)21-26-7-5-6-24(19-26)11-16-37-17-12-28(34)32(2)22-29(35-3)36-4/h5-8,13,18-19,25,29H,9-12,14-17,20-22H2,1-4H3,(H,30,31). The third kappa shape index (κ3) is 10.4. The molecular formula is C29H44N4O4. The van der Waals surface area contributed by atoms with E-state index in [1.165, 1.54) is 29.5 Å². The maximum Gasteiger partial charge on any atom is 0.224 e. The van der Waals surface area contributed by atoms with E-state index in [1.54, 1.807) is 26.2 Å². The van der Waals surface area contributed by atoms with Crippen molar-refractivity contribution in [3.05, 3.63) is 59.3 Å². The number of hydrogen-bond acceptors (Lipinski definition) is 7. The van der Waals surface area contributed by atoms with Gasteiger partial charge in [-0.1, -0.05) is 24.3 Å². The first-order valence-corrected chi connectivity index (χ1v) is 13.3. The number of carbonyl (C=O) groups is 1. The van der Waals surface area contributed by atoms with E-state index in [-0.39, 0.29) is 5.91 Å². The molecule has 1 N–H and O–H groups in total. The van der Waals surface area contributed by atoms with E-state index in [4.69, 9.17) is 14.2 Å². The molecule has 1 aliphatic rings. The van der Waals surface area contributed by atoms with Gasteiger partial charge in [0, 0.05) is 40.6 Å². The number of nitrogens with zero attached hydrogens (tertiary/aromatic N) is 3. The Kier molecular flexibility index (Phi) is 12.3. The first-order chi connectivity index (χ1) is 18.0. The van der Waals surface area contributed by atoms with Gasteiger partial charge in [-0.05, 0) is 74.0 Å². The van der Waals surface area contributed by atoms with Gasteiger partial charge in [0.15, 0.2) is 6.29 Å². The second-order valence-electron chi connectivity index (χ2n) is 9.93. The van der Waals surface area contributed by atoms with Gasteiger partial charge in [0.05, 0.1) is 26.2 Å². The van der Waals surface area contributed by atoms with Crippen molar-refractivity contribution in [1.82, 2.24) is 14.8 Å². The zero-order valence-corrected chi connectivity index (χ0v) is 22.9. The third-order valence-electron chi connectivity index (χ3n) is 6.96. The molecule has 8 heteroatoms. The molecule has 0 atom stereocenters. The first-order valence-electron chi connectivity index (χ1n) is 13.3. The summed E-state index contributed by atoms with van der Waals surface area (Å²) < 4.78 is 16.0. The molecule has 37 heavy (non-hydrogen) atoms. The lowest BCUT2D eigenvalue weighted by Crippen LogP contribution is -2.36. The van der Waals surface area contributed by atoms with Crippen LogP contribution in [0, 0.1) is 12.8 Å². The molecule has 0 saturated carbocycles. The molecule has 1 saturated heterocycles. The van der Waals surface area contributed by atoms with Crippen LogP contribution < -0.4 is 5.32 Å². The Morgan fingerprint density at radius 2 is 1.89 bits per heavy atom. The molecule has 0 spiro atoms. The topological polar surface area (TPSA) is 76.2 Å². The molecule has 1 aromatic heterocycles. The van der Waals surface area contributed by atoms with Crippen LogP contribution in [0.3, 0.4) is 0 Å². The van der Waals surface area contributed by atoms with Crippen LogP contribution in [-0.4, -0.2) is 87.6 Å². The van der Waals surface area contributed by atoms with Crippen molar-refractivity contribution in [2.45, 2.75) is 45.4 Å². The Hall–Kier alpha value is -2.52. The summed E-state index contributed by atoms with van der Waals surface area (Å²) in [7, 11) is 4.88. The van der Waals surface area contributed by atoms with Crippen LogP contribution in [0.5, 0.6) is 0 Å². The number of nitrogens with one attached hydrogen (secondary N) is 1. The molecule has 1 fully saturated rings. The van der Waals surface area contributed by atoms with E-state index in [0.29, 0.717) is 32.1 Å². The molecule has 1 aliphatic heterocycles. The Morgan fingerprint density at radius 3 is 2.62 bits per heavy atom. The molecule has 3 rings (SSSR count). The predicted octanol–water partition coefficient (Wildman–Crippen LogP) is 3.74. The van der Waals surface area contributed by atoms with Gasteiger partial charge < -0.3 is 24.4 Å². The number of hydrogen-bond donors (Lipinski definition) is 1. The first kappa shape index (κ1) is 29.0. The smallest absolute Gasteiger partial charge is 0.224 e. The van der Waals surface area contributed by atoms with E-state index in [0.717, 1.165) is 38.4 Å². The van der Waals surface area contributed by atoms with Crippen molar-refractivity contribution in [2.24, 2.45) is 5.92 Å². The van der Waals surface area contributed by atoms with Gasteiger partial charge in [0.1, 0.15) is 5.82 Å². The highest BCUT2D eigenvalue weighted by Gasteiger charge is 2.19. The van der Waals surface area contributed by atoms with Crippen LogP contribution >= 0.6 is 0 Å². The summed E-state index contributed by atoms with van der Waals surface area (Å²) in [6, 6.07) is 12.9.